The Morgan fingerprint density at radius 1 is 1.35 bits per heavy atom. The summed E-state index contributed by atoms with van der Waals surface area (Å²) in [5, 5.41) is 0. The van der Waals surface area contributed by atoms with Crippen LogP contribution in [0, 0.1) is 17.8 Å². The number of fused-ring (bicyclic) bond motifs is 2. The van der Waals surface area contributed by atoms with E-state index < -0.39 is 12.1 Å². The largest absolute Gasteiger partial charge is 0.463 e. The maximum atomic E-state index is 11.9. The highest BCUT2D eigenvalue weighted by molar-refractivity contribution is 5.80. The Labute approximate surface area is 101 Å². The summed E-state index contributed by atoms with van der Waals surface area (Å²) in [5.74, 6) is 0.0289. The zero-order valence-corrected chi connectivity index (χ0v) is 10.2. The number of ether oxygens (including phenoxy) is 2. The topological polar surface area (TPSA) is 52.6 Å². The summed E-state index contributed by atoms with van der Waals surface area (Å²) in [6, 6.07) is 0. The van der Waals surface area contributed by atoms with Gasteiger partial charge in [-0.25, -0.2) is 4.79 Å². The van der Waals surface area contributed by atoms with E-state index in [-0.39, 0.29) is 11.9 Å². The molecular weight excluding hydrogens is 220 g/mol. The molecule has 0 aromatic heterocycles. The molecule has 2 aliphatic carbocycles. The molecule has 2 aliphatic rings. The molecule has 0 amide bonds. The Kier molecular flexibility index (Phi) is 3.50. The van der Waals surface area contributed by atoms with Gasteiger partial charge < -0.3 is 9.47 Å². The summed E-state index contributed by atoms with van der Waals surface area (Å²) in [5.41, 5.74) is 0. The summed E-state index contributed by atoms with van der Waals surface area (Å²) < 4.78 is 9.95. The normalized spacial score (nSPS) is 31.3. The second-order valence-electron chi connectivity index (χ2n) is 4.72. The van der Waals surface area contributed by atoms with Gasteiger partial charge in [-0.15, -0.1) is 0 Å². The molecule has 4 nitrogen and oxygen atoms in total. The number of allylic oxidation sites excluding steroid dienone is 2. The third-order valence-electron chi connectivity index (χ3n) is 3.49. The van der Waals surface area contributed by atoms with E-state index >= 15 is 0 Å². The highest BCUT2D eigenvalue weighted by Gasteiger charge is 2.41. The van der Waals surface area contributed by atoms with E-state index in [9.17, 15) is 9.59 Å². The smallest absolute Gasteiger partial charge is 0.347 e. The van der Waals surface area contributed by atoms with Crippen LogP contribution >= 0.6 is 0 Å². The van der Waals surface area contributed by atoms with Crippen molar-refractivity contribution in [3.05, 3.63) is 12.2 Å². The summed E-state index contributed by atoms with van der Waals surface area (Å²) in [4.78, 5) is 23.2. The monoisotopic (exact) mass is 238 g/mol. The van der Waals surface area contributed by atoms with Crippen molar-refractivity contribution in [1.82, 2.24) is 0 Å². The van der Waals surface area contributed by atoms with Crippen molar-refractivity contribution in [2.45, 2.75) is 32.8 Å². The number of carbonyl (C=O) groups excluding carboxylic acids is 2. The van der Waals surface area contributed by atoms with Crippen LogP contribution in [0.3, 0.4) is 0 Å². The van der Waals surface area contributed by atoms with Crippen LogP contribution in [0.1, 0.15) is 26.7 Å². The molecule has 0 heterocycles. The van der Waals surface area contributed by atoms with Gasteiger partial charge in [-0.3, -0.25) is 4.79 Å². The maximum Gasteiger partial charge on any atom is 0.347 e. The minimum absolute atomic E-state index is 0.0677. The second-order valence-corrected chi connectivity index (χ2v) is 4.72. The molecule has 17 heavy (non-hydrogen) atoms. The maximum absolute atomic E-state index is 11.9. The third-order valence-corrected chi connectivity index (χ3v) is 3.49. The molecule has 0 unspecified atom stereocenters. The van der Waals surface area contributed by atoms with Gasteiger partial charge in [-0.2, -0.15) is 0 Å². The SMILES string of the molecule is CCOC(=O)[C@H](C)OC(=O)[C@H]1C[C@@H]2C=C[C@H]1C2. The summed E-state index contributed by atoms with van der Waals surface area (Å²) in [7, 11) is 0. The molecular formula is C13H18O4. The van der Waals surface area contributed by atoms with Crippen LogP contribution in [-0.2, 0) is 19.1 Å². The average Bonchev–Trinajstić information content (AvgIpc) is 2.90. The van der Waals surface area contributed by atoms with Crippen molar-refractivity contribution < 1.29 is 19.1 Å². The number of esters is 2. The van der Waals surface area contributed by atoms with Gasteiger partial charge in [0.2, 0.25) is 0 Å². The number of hydrogen-bond donors (Lipinski definition) is 0. The lowest BCUT2D eigenvalue weighted by Crippen LogP contribution is -2.31. The van der Waals surface area contributed by atoms with Crippen LogP contribution in [0.15, 0.2) is 12.2 Å². The fourth-order valence-electron chi connectivity index (χ4n) is 2.62. The zero-order valence-electron chi connectivity index (χ0n) is 10.2. The van der Waals surface area contributed by atoms with Crippen molar-refractivity contribution in [2.75, 3.05) is 6.61 Å². The van der Waals surface area contributed by atoms with Crippen LogP contribution < -0.4 is 0 Å². The van der Waals surface area contributed by atoms with E-state index in [4.69, 9.17) is 9.47 Å². The van der Waals surface area contributed by atoms with Crippen molar-refractivity contribution >= 4 is 11.9 Å². The quantitative estimate of drug-likeness (QED) is 0.552. The van der Waals surface area contributed by atoms with Crippen LogP contribution in [0.4, 0.5) is 0 Å². The first-order valence-corrected chi connectivity index (χ1v) is 6.17. The molecule has 1 saturated carbocycles. The standard InChI is InChI=1S/C13H18O4/c1-3-16-12(14)8(2)17-13(15)11-7-9-4-5-10(11)6-9/h4-5,8-11H,3,6-7H2,1-2H3/t8-,9+,10-,11-/m0/s1. The number of carbonyl (C=O) groups is 2. The highest BCUT2D eigenvalue weighted by Crippen LogP contribution is 2.43. The average molecular weight is 238 g/mol. The van der Waals surface area contributed by atoms with Gasteiger partial charge >= 0.3 is 11.9 Å². The third kappa shape index (κ3) is 2.51. The van der Waals surface area contributed by atoms with E-state index in [0.29, 0.717) is 18.4 Å². The molecule has 1 fully saturated rings. The van der Waals surface area contributed by atoms with Crippen LogP contribution in [0.25, 0.3) is 0 Å². The van der Waals surface area contributed by atoms with Gasteiger partial charge in [-0.1, -0.05) is 12.2 Å². The molecule has 0 aliphatic heterocycles. The number of rotatable bonds is 4. The molecule has 0 aromatic carbocycles. The highest BCUT2D eigenvalue weighted by atomic mass is 16.6. The van der Waals surface area contributed by atoms with Crippen molar-refractivity contribution in [1.29, 1.82) is 0 Å². The van der Waals surface area contributed by atoms with E-state index in [1.807, 2.05) is 0 Å². The number of hydrogen-bond acceptors (Lipinski definition) is 4. The van der Waals surface area contributed by atoms with E-state index in [1.54, 1.807) is 13.8 Å². The van der Waals surface area contributed by atoms with Crippen molar-refractivity contribution in [2.24, 2.45) is 17.8 Å². The van der Waals surface area contributed by atoms with E-state index in [2.05, 4.69) is 12.2 Å². The molecule has 4 atom stereocenters. The first-order chi connectivity index (χ1) is 8.11. The van der Waals surface area contributed by atoms with Gasteiger partial charge in [0.1, 0.15) is 0 Å². The molecule has 2 bridgehead atoms. The fourth-order valence-corrected chi connectivity index (χ4v) is 2.62. The lowest BCUT2D eigenvalue weighted by Gasteiger charge is -2.19. The second kappa shape index (κ2) is 4.90. The zero-order chi connectivity index (χ0) is 12.4. The molecule has 94 valence electrons. The first-order valence-electron chi connectivity index (χ1n) is 6.17. The lowest BCUT2D eigenvalue weighted by atomic mass is 9.94. The van der Waals surface area contributed by atoms with Crippen LogP contribution in [0.2, 0.25) is 0 Å². The van der Waals surface area contributed by atoms with E-state index in [0.717, 1.165) is 12.8 Å². The summed E-state index contributed by atoms with van der Waals surface area (Å²) in [6.45, 7) is 3.59. The fraction of sp³-hybridized carbons (Fsp3) is 0.692. The van der Waals surface area contributed by atoms with E-state index in [1.165, 1.54) is 0 Å². The Bertz CT molecular complexity index is 347. The molecule has 0 N–H and O–H groups in total. The molecule has 0 radical (unpaired) electrons. The first kappa shape index (κ1) is 12.1. The Morgan fingerprint density at radius 3 is 2.65 bits per heavy atom. The van der Waals surface area contributed by atoms with Crippen LogP contribution in [0.5, 0.6) is 0 Å². The van der Waals surface area contributed by atoms with Crippen molar-refractivity contribution in [3.63, 3.8) is 0 Å². The van der Waals surface area contributed by atoms with Crippen LogP contribution in [-0.4, -0.2) is 24.6 Å². The Hall–Kier alpha value is -1.32. The van der Waals surface area contributed by atoms with Crippen molar-refractivity contribution in [3.8, 4) is 0 Å². The lowest BCUT2D eigenvalue weighted by molar-refractivity contribution is -0.169. The van der Waals surface area contributed by atoms with Gasteiger partial charge in [0, 0.05) is 0 Å². The Morgan fingerprint density at radius 2 is 2.12 bits per heavy atom. The summed E-state index contributed by atoms with van der Waals surface area (Å²) in [6.07, 6.45) is 5.37. The molecule has 0 aromatic rings. The molecule has 0 saturated heterocycles. The van der Waals surface area contributed by atoms with Gasteiger partial charge in [0.25, 0.3) is 0 Å². The predicted molar refractivity (Wildman–Crippen MR) is 61.0 cm³/mol. The molecule has 2 rings (SSSR count). The Balaban J connectivity index is 1.85. The molecule has 0 spiro atoms. The summed E-state index contributed by atoms with van der Waals surface area (Å²) >= 11 is 0. The minimum atomic E-state index is -0.800. The predicted octanol–water partition coefficient (Wildman–Crippen LogP) is 1.69. The minimum Gasteiger partial charge on any atom is -0.463 e. The van der Waals surface area contributed by atoms with Gasteiger partial charge in [0.05, 0.1) is 12.5 Å². The molecule has 4 heteroatoms. The van der Waals surface area contributed by atoms with Gasteiger partial charge in [0.15, 0.2) is 6.10 Å². The van der Waals surface area contributed by atoms with Gasteiger partial charge in [-0.05, 0) is 38.5 Å².